The molecule has 1 fully saturated rings. The highest BCUT2D eigenvalue weighted by Gasteiger charge is 2.45. The fourth-order valence-corrected chi connectivity index (χ4v) is 2.47. The van der Waals surface area contributed by atoms with Crippen LogP contribution in [0.3, 0.4) is 0 Å². The molecular weight excluding hydrogens is 212 g/mol. The fourth-order valence-electron chi connectivity index (χ4n) is 2.47. The number of carbonyl (C=O) groups is 1. The highest BCUT2D eigenvalue weighted by Crippen LogP contribution is 2.38. The second kappa shape index (κ2) is 4.26. The van der Waals surface area contributed by atoms with Gasteiger partial charge in [-0.15, -0.1) is 0 Å². The minimum absolute atomic E-state index is 0.159. The van der Waals surface area contributed by atoms with E-state index in [4.69, 9.17) is 4.74 Å². The molecule has 1 aliphatic rings. The zero-order chi connectivity index (χ0) is 12.6. The first-order valence-corrected chi connectivity index (χ1v) is 6.18. The van der Waals surface area contributed by atoms with Gasteiger partial charge in [0.15, 0.2) is 5.78 Å². The van der Waals surface area contributed by atoms with Gasteiger partial charge in [-0.25, -0.2) is 0 Å². The summed E-state index contributed by atoms with van der Waals surface area (Å²) in [5.41, 5.74) is 3.76. The summed E-state index contributed by atoms with van der Waals surface area (Å²) in [6.07, 6.45) is 2.80. The quantitative estimate of drug-likeness (QED) is 0.747. The van der Waals surface area contributed by atoms with Crippen LogP contribution in [0.5, 0.6) is 0 Å². The van der Waals surface area contributed by atoms with E-state index in [0.717, 1.165) is 30.4 Å². The van der Waals surface area contributed by atoms with Crippen LogP contribution in [0.2, 0.25) is 0 Å². The lowest BCUT2D eigenvalue weighted by atomic mass is 9.74. The molecule has 0 aliphatic heterocycles. The number of aryl methyl sites for hydroxylation is 3. The van der Waals surface area contributed by atoms with Gasteiger partial charge in [0, 0.05) is 12.7 Å². The zero-order valence-corrected chi connectivity index (χ0v) is 11.1. The Morgan fingerprint density at radius 2 is 1.71 bits per heavy atom. The third kappa shape index (κ3) is 1.91. The van der Waals surface area contributed by atoms with Gasteiger partial charge in [-0.3, -0.25) is 4.79 Å². The molecule has 0 spiro atoms. The van der Waals surface area contributed by atoms with E-state index in [1.54, 1.807) is 7.11 Å². The second-order valence-electron chi connectivity index (χ2n) is 5.13. The topological polar surface area (TPSA) is 26.3 Å². The first kappa shape index (κ1) is 12.3. The Morgan fingerprint density at radius 3 is 2.18 bits per heavy atom. The van der Waals surface area contributed by atoms with Gasteiger partial charge < -0.3 is 4.74 Å². The molecule has 0 aromatic heterocycles. The lowest BCUT2D eigenvalue weighted by molar-refractivity contribution is -0.0448. The van der Waals surface area contributed by atoms with Gasteiger partial charge in [-0.05, 0) is 62.8 Å². The van der Waals surface area contributed by atoms with E-state index in [9.17, 15) is 4.79 Å². The molecule has 0 amide bonds. The van der Waals surface area contributed by atoms with Gasteiger partial charge >= 0.3 is 0 Å². The van der Waals surface area contributed by atoms with Crippen molar-refractivity contribution < 1.29 is 9.53 Å². The molecule has 1 saturated carbocycles. The molecule has 92 valence electrons. The maximum absolute atomic E-state index is 12.5. The number of methoxy groups -OCH3 is 1. The minimum Gasteiger partial charge on any atom is -0.370 e. The van der Waals surface area contributed by atoms with Crippen molar-refractivity contribution in [2.24, 2.45) is 0 Å². The van der Waals surface area contributed by atoms with Gasteiger partial charge in [0.05, 0.1) is 0 Å². The van der Waals surface area contributed by atoms with Gasteiger partial charge in [0.1, 0.15) is 5.60 Å². The molecule has 17 heavy (non-hydrogen) atoms. The normalized spacial score (nSPS) is 17.6. The first-order chi connectivity index (χ1) is 8.00. The summed E-state index contributed by atoms with van der Waals surface area (Å²) in [7, 11) is 1.65. The van der Waals surface area contributed by atoms with Crippen LogP contribution < -0.4 is 0 Å². The van der Waals surface area contributed by atoms with E-state index < -0.39 is 5.60 Å². The molecule has 0 radical (unpaired) electrons. The number of ether oxygens (including phenoxy) is 1. The van der Waals surface area contributed by atoms with Crippen LogP contribution in [-0.2, 0) is 4.74 Å². The largest absolute Gasteiger partial charge is 0.370 e. The summed E-state index contributed by atoms with van der Waals surface area (Å²) in [4.78, 5) is 12.5. The maximum Gasteiger partial charge on any atom is 0.194 e. The zero-order valence-electron chi connectivity index (χ0n) is 11.1. The molecule has 0 bridgehead atoms. The predicted octanol–water partition coefficient (Wildman–Crippen LogP) is 3.36. The van der Waals surface area contributed by atoms with E-state index >= 15 is 0 Å². The standard InChI is InChI=1S/C15H20O2/c1-10-8-12(3)13(9-11(10)2)14(16)15(17-4)6-5-7-15/h8-9H,5-7H2,1-4H3. The van der Waals surface area contributed by atoms with Crippen molar-refractivity contribution in [3.8, 4) is 0 Å². The fraction of sp³-hybridized carbons (Fsp3) is 0.533. The SMILES string of the molecule is COC1(C(=O)c2cc(C)c(C)cc2C)CCC1. The number of benzene rings is 1. The Bertz CT molecular complexity index is 451. The van der Waals surface area contributed by atoms with E-state index in [-0.39, 0.29) is 5.78 Å². The van der Waals surface area contributed by atoms with Crippen LogP contribution in [0.15, 0.2) is 12.1 Å². The summed E-state index contributed by atoms with van der Waals surface area (Å²) in [6.45, 7) is 6.12. The number of carbonyl (C=O) groups excluding carboxylic acids is 1. The van der Waals surface area contributed by atoms with Crippen molar-refractivity contribution in [3.05, 3.63) is 34.4 Å². The van der Waals surface area contributed by atoms with Gasteiger partial charge in [-0.2, -0.15) is 0 Å². The molecule has 2 rings (SSSR count). The molecular formula is C15H20O2. The molecule has 0 saturated heterocycles. The summed E-state index contributed by atoms with van der Waals surface area (Å²) in [5, 5.41) is 0. The van der Waals surface area contributed by atoms with Crippen molar-refractivity contribution in [3.63, 3.8) is 0 Å². The first-order valence-electron chi connectivity index (χ1n) is 6.18. The Kier molecular flexibility index (Phi) is 3.09. The van der Waals surface area contributed by atoms with Crippen molar-refractivity contribution >= 4 is 5.78 Å². The van der Waals surface area contributed by atoms with Crippen LogP contribution in [-0.4, -0.2) is 18.5 Å². The van der Waals surface area contributed by atoms with E-state index in [1.807, 2.05) is 19.9 Å². The number of hydrogen-bond donors (Lipinski definition) is 0. The Balaban J connectivity index is 2.40. The maximum atomic E-state index is 12.5. The van der Waals surface area contributed by atoms with Crippen LogP contribution in [0.25, 0.3) is 0 Å². The van der Waals surface area contributed by atoms with Crippen molar-refractivity contribution in [2.45, 2.75) is 45.6 Å². The van der Waals surface area contributed by atoms with E-state index in [2.05, 4.69) is 13.0 Å². The summed E-state index contributed by atoms with van der Waals surface area (Å²) >= 11 is 0. The highest BCUT2D eigenvalue weighted by atomic mass is 16.5. The molecule has 1 aromatic rings. The average molecular weight is 232 g/mol. The van der Waals surface area contributed by atoms with Crippen LogP contribution in [0.4, 0.5) is 0 Å². The van der Waals surface area contributed by atoms with E-state index in [0.29, 0.717) is 0 Å². The second-order valence-corrected chi connectivity index (χ2v) is 5.13. The third-order valence-electron chi connectivity index (χ3n) is 4.05. The summed E-state index contributed by atoms with van der Waals surface area (Å²) < 4.78 is 5.47. The third-order valence-corrected chi connectivity index (χ3v) is 4.05. The number of ketones is 1. The lowest BCUT2D eigenvalue weighted by Crippen LogP contribution is -2.47. The number of hydrogen-bond acceptors (Lipinski definition) is 2. The van der Waals surface area contributed by atoms with Crippen LogP contribution in [0.1, 0.15) is 46.3 Å². The summed E-state index contributed by atoms with van der Waals surface area (Å²) in [6, 6.07) is 4.09. The number of Topliss-reactive ketones (excluding diaryl/α,β-unsaturated/α-hetero) is 1. The average Bonchev–Trinajstić information content (AvgIpc) is 2.22. The molecule has 2 heteroatoms. The van der Waals surface area contributed by atoms with E-state index in [1.165, 1.54) is 11.1 Å². The van der Waals surface area contributed by atoms with Crippen LogP contribution >= 0.6 is 0 Å². The highest BCUT2D eigenvalue weighted by molar-refractivity contribution is 6.04. The monoisotopic (exact) mass is 232 g/mol. The van der Waals surface area contributed by atoms with Crippen molar-refractivity contribution in [1.82, 2.24) is 0 Å². The molecule has 2 nitrogen and oxygen atoms in total. The minimum atomic E-state index is -0.535. The van der Waals surface area contributed by atoms with Crippen molar-refractivity contribution in [2.75, 3.05) is 7.11 Å². The lowest BCUT2D eigenvalue weighted by Gasteiger charge is -2.39. The molecule has 0 heterocycles. The van der Waals surface area contributed by atoms with Crippen molar-refractivity contribution in [1.29, 1.82) is 0 Å². The Morgan fingerprint density at radius 1 is 1.12 bits per heavy atom. The Hall–Kier alpha value is -1.15. The molecule has 0 unspecified atom stereocenters. The van der Waals surface area contributed by atoms with Crippen LogP contribution in [0, 0.1) is 20.8 Å². The molecule has 1 aliphatic carbocycles. The van der Waals surface area contributed by atoms with Gasteiger partial charge in [-0.1, -0.05) is 6.07 Å². The molecule has 1 aromatic carbocycles. The van der Waals surface area contributed by atoms with Gasteiger partial charge in [0.25, 0.3) is 0 Å². The molecule has 0 N–H and O–H groups in total. The molecule has 0 atom stereocenters. The predicted molar refractivity (Wildman–Crippen MR) is 68.6 cm³/mol. The summed E-state index contributed by atoms with van der Waals surface area (Å²) in [5.74, 6) is 0.159. The number of rotatable bonds is 3. The van der Waals surface area contributed by atoms with Gasteiger partial charge in [0.2, 0.25) is 0 Å². The smallest absolute Gasteiger partial charge is 0.194 e. The Labute approximate surface area is 103 Å².